The van der Waals surface area contributed by atoms with Gasteiger partial charge in [0, 0.05) is 0 Å². The number of rotatable bonds is 7. The maximum Gasteiger partial charge on any atom is 0.224 e. The van der Waals surface area contributed by atoms with Gasteiger partial charge in [0.25, 0.3) is 0 Å². The van der Waals surface area contributed by atoms with Gasteiger partial charge in [-0.2, -0.15) is 0 Å². The minimum absolute atomic E-state index is 0.0673. The molecule has 0 heterocycles. The van der Waals surface area contributed by atoms with E-state index < -0.39 is 0 Å². The molecule has 3 nitrogen and oxygen atoms in total. The lowest BCUT2D eigenvalue weighted by molar-refractivity contribution is -0.121. The molecule has 1 aromatic rings. The van der Waals surface area contributed by atoms with Crippen molar-refractivity contribution in [2.45, 2.75) is 32.2 Å². The van der Waals surface area contributed by atoms with Gasteiger partial charge in [-0.3, -0.25) is 4.79 Å². The summed E-state index contributed by atoms with van der Waals surface area (Å²) in [7, 11) is 0. The number of para-hydroxylation sites is 1. The zero-order valence-electron chi connectivity index (χ0n) is 10.7. The molecule has 0 saturated heterocycles. The molecule has 0 aromatic heterocycles. The first-order valence-corrected chi connectivity index (χ1v) is 6.19. The van der Waals surface area contributed by atoms with Crippen molar-refractivity contribution in [1.82, 2.24) is 5.32 Å². The zero-order chi connectivity index (χ0) is 13.2. The number of terminal acetylenes is 1. The predicted molar refractivity (Wildman–Crippen MR) is 72.2 cm³/mol. The predicted octanol–water partition coefficient (Wildman–Crippen LogP) is 2.37. The van der Waals surface area contributed by atoms with Crippen LogP contribution in [0, 0.1) is 12.3 Å². The zero-order valence-corrected chi connectivity index (χ0v) is 10.7. The minimum atomic E-state index is -0.167. The molecule has 0 aliphatic heterocycles. The molecular weight excluding hydrogens is 226 g/mol. The van der Waals surface area contributed by atoms with Crippen LogP contribution >= 0.6 is 0 Å². The van der Waals surface area contributed by atoms with Crippen molar-refractivity contribution in [3.8, 4) is 18.1 Å². The second-order valence-electron chi connectivity index (χ2n) is 3.99. The third-order valence-electron chi connectivity index (χ3n) is 2.45. The van der Waals surface area contributed by atoms with Crippen molar-refractivity contribution >= 4 is 5.91 Å². The summed E-state index contributed by atoms with van der Waals surface area (Å²) >= 11 is 0. The smallest absolute Gasteiger partial charge is 0.224 e. The summed E-state index contributed by atoms with van der Waals surface area (Å²) in [4.78, 5) is 11.6. The number of amides is 1. The van der Waals surface area contributed by atoms with Crippen LogP contribution in [0.25, 0.3) is 0 Å². The van der Waals surface area contributed by atoms with Crippen molar-refractivity contribution in [1.29, 1.82) is 0 Å². The molecule has 1 N–H and O–H groups in total. The van der Waals surface area contributed by atoms with E-state index in [4.69, 9.17) is 11.2 Å². The average molecular weight is 245 g/mol. The SMILES string of the molecule is C#CC(CCC)NC(=O)CCOc1ccccc1. The quantitative estimate of drug-likeness (QED) is 0.749. The van der Waals surface area contributed by atoms with Gasteiger partial charge in [-0.25, -0.2) is 0 Å². The molecule has 96 valence electrons. The van der Waals surface area contributed by atoms with Gasteiger partial charge in [0.2, 0.25) is 5.91 Å². The summed E-state index contributed by atoms with van der Waals surface area (Å²) < 4.78 is 5.44. The summed E-state index contributed by atoms with van der Waals surface area (Å²) in [5, 5.41) is 2.80. The lowest BCUT2D eigenvalue weighted by atomic mass is 10.2. The Labute approximate surface area is 109 Å². The second kappa shape index (κ2) is 8.19. The first-order valence-electron chi connectivity index (χ1n) is 6.19. The average Bonchev–Trinajstić information content (AvgIpc) is 2.39. The minimum Gasteiger partial charge on any atom is -0.493 e. The van der Waals surface area contributed by atoms with Gasteiger partial charge in [-0.1, -0.05) is 37.5 Å². The monoisotopic (exact) mass is 245 g/mol. The highest BCUT2D eigenvalue weighted by molar-refractivity contribution is 5.76. The van der Waals surface area contributed by atoms with Crippen LogP contribution in [-0.4, -0.2) is 18.6 Å². The van der Waals surface area contributed by atoms with Crippen molar-refractivity contribution in [3.05, 3.63) is 30.3 Å². The van der Waals surface area contributed by atoms with Crippen LogP contribution < -0.4 is 10.1 Å². The Balaban J connectivity index is 2.23. The van der Waals surface area contributed by atoms with Crippen molar-refractivity contribution in [3.63, 3.8) is 0 Å². The Morgan fingerprint density at radius 3 is 2.78 bits per heavy atom. The molecular formula is C15H19NO2. The van der Waals surface area contributed by atoms with E-state index in [-0.39, 0.29) is 11.9 Å². The molecule has 18 heavy (non-hydrogen) atoms. The van der Waals surface area contributed by atoms with E-state index in [2.05, 4.69) is 11.2 Å². The summed E-state index contributed by atoms with van der Waals surface area (Å²) in [5.41, 5.74) is 0. The topological polar surface area (TPSA) is 38.3 Å². The van der Waals surface area contributed by atoms with Gasteiger partial charge >= 0.3 is 0 Å². The number of hydrogen-bond acceptors (Lipinski definition) is 2. The summed E-state index contributed by atoms with van der Waals surface area (Å²) in [6.45, 7) is 2.40. The van der Waals surface area contributed by atoms with E-state index in [1.54, 1.807) is 0 Å². The third kappa shape index (κ3) is 5.40. The molecule has 0 spiro atoms. The highest BCUT2D eigenvalue weighted by Crippen LogP contribution is 2.08. The number of carbonyl (C=O) groups is 1. The van der Waals surface area contributed by atoms with Gasteiger partial charge < -0.3 is 10.1 Å². The van der Waals surface area contributed by atoms with Crippen LogP contribution in [0.2, 0.25) is 0 Å². The standard InChI is InChI=1S/C15H19NO2/c1-3-8-13(4-2)16-15(17)11-12-18-14-9-6-5-7-10-14/h2,5-7,9-10,13H,3,8,11-12H2,1H3,(H,16,17). The van der Waals surface area contributed by atoms with E-state index in [1.807, 2.05) is 37.3 Å². The van der Waals surface area contributed by atoms with Crippen molar-refractivity contribution in [2.24, 2.45) is 0 Å². The number of carbonyl (C=O) groups excluding carboxylic acids is 1. The van der Waals surface area contributed by atoms with E-state index in [1.165, 1.54) is 0 Å². The fourth-order valence-electron chi connectivity index (χ4n) is 1.53. The highest BCUT2D eigenvalue weighted by Gasteiger charge is 2.08. The molecule has 1 atom stereocenters. The second-order valence-corrected chi connectivity index (χ2v) is 3.99. The number of benzene rings is 1. The number of ether oxygens (including phenoxy) is 1. The van der Waals surface area contributed by atoms with Crippen LogP contribution in [0.4, 0.5) is 0 Å². The van der Waals surface area contributed by atoms with Gasteiger partial charge in [0.1, 0.15) is 5.75 Å². The molecule has 0 saturated carbocycles. The molecule has 0 bridgehead atoms. The fraction of sp³-hybridized carbons (Fsp3) is 0.400. The summed E-state index contributed by atoms with van der Waals surface area (Å²) in [6.07, 6.45) is 7.41. The lowest BCUT2D eigenvalue weighted by Gasteiger charge is -2.12. The van der Waals surface area contributed by atoms with Gasteiger partial charge in [0.05, 0.1) is 19.1 Å². The van der Waals surface area contributed by atoms with Crippen LogP contribution in [0.1, 0.15) is 26.2 Å². The Morgan fingerprint density at radius 1 is 1.44 bits per heavy atom. The molecule has 3 heteroatoms. The fourth-order valence-corrected chi connectivity index (χ4v) is 1.53. The van der Waals surface area contributed by atoms with Crippen molar-refractivity contribution in [2.75, 3.05) is 6.61 Å². The highest BCUT2D eigenvalue weighted by atomic mass is 16.5. The third-order valence-corrected chi connectivity index (χ3v) is 2.45. The van der Waals surface area contributed by atoms with Gasteiger partial charge in [-0.15, -0.1) is 6.42 Å². The van der Waals surface area contributed by atoms with Crippen LogP contribution in [0.5, 0.6) is 5.75 Å². The van der Waals surface area contributed by atoms with E-state index in [0.29, 0.717) is 13.0 Å². The number of hydrogen-bond donors (Lipinski definition) is 1. The maximum absolute atomic E-state index is 11.6. The first kappa shape index (κ1) is 14.1. The Hall–Kier alpha value is -1.95. The Morgan fingerprint density at radius 2 is 2.17 bits per heavy atom. The first-order chi connectivity index (χ1) is 8.76. The van der Waals surface area contributed by atoms with E-state index >= 15 is 0 Å². The number of nitrogens with one attached hydrogen (secondary N) is 1. The largest absolute Gasteiger partial charge is 0.493 e. The molecule has 1 rings (SSSR count). The molecule has 0 radical (unpaired) electrons. The van der Waals surface area contributed by atoms with Crippen LogP contribution in [0.15, 0.2) is 30.3 Å². The van der Waals surface area contributed by atoms with Gasteiger partial charge in [0.15, 0.2) is 0 Å². The lowest BCUT2D eigenvalue weighted by Crippen LogP contribution is -2.34. The Bertz CT molecular complexity index is 395. The van der Waals surface area contributed by atoms with E-state index in [0.717, 1.165) is 18.6 Å². The summed E-state index contributed by atoms with van der Waals surface area (Å²) in [6, 6.07) is 9.26. The maximum atomic E-state index is 11.6. The van der Waals surface area contributed by atoms with Crippen molar-refractivity contribution < 1.29 is 9.53 Å². The van der Waals surface area contributed by atoms with Gasteiger partial charge in [-0.05, 0) is 18.6 Å². The van der Waals surface area contributed by atoms with Crippen LogP contribution in [-0.2, 0) is 4.79 Å². The molecule has 1 aromatic carbocycles. The molecule has 0 aliphatic carbocycles. The Kier molecular flexibility index (Phi) is 6.42. The molecule has 1 unspecified atom stereocenters. The normalized spacial score (nSPS) is 11.3. The summed E-state index contributed by atoms with van der Waals surface area (Å²) in [5.74, 6) is 3.27. The molecule has 1 amide bonds. The molecule has 0 fully saturated rings. The van der Waals surface area contributed by atoms with E-state index in [9.17, 15) is 4.79 Å². The van der Waals surface area contributed by atoms with Crippen LogP contribution in [0.3, 0.4) is 0 Å². The molecule has 0 aliphatic rings.